The van der Waals surface area contributed by atoms with E-state index in [1.807, 2.05) is 158 Å². The van der Waals surface area contributed by atoms with Crippen molar-refractivity contribution in [3.63, 3.8) is 0 Å². The first-order chi connectivity index (χ1) is 24.7. The normalized spacial score (nSPS) is 10.4. The van der Waals surface area contributed by atoms with Crippen LogP contribution in [0.4, 0.5) is 0 Å². The van der Waals surface area contributed by atoms with Gasteiger partial charge in [0.15, 0.2) is 11.5 Å². The van der Waals surface area contributed by atoms with Gasteiger partial charge < -0.3 is 39.8 Å². The molecule has 0 aliphatic heterocycles. The molecule has 0 amide bonds. The van der Waals surface area contributed by atoms with Crippen LogP contribution in [0.3, 0.4) is 0 Å². The zero-order valence-electron chi connectivity index (χ0n) is 28.7. The van der Waals surface area contributed by atoms with E-state index in [4.69, 9.17) is 29.9 Å². The molecule has 8 rings (SSSR count). The summed E-state index contributed by atoms with van der Waals surface area (Å²) in [4.78, 5) is 7.09. The topological polar surface area (TPSA) is 119 Å². The Hall–Kier alpha value is -6.40. The van der Waals surface area contributed by atoms with Gasteiger partial charge in [0, 0.05) is 9.59 Å². The van der Waals surface area contributed by atoms with Gasteiger partial charge in [-0.1, -0.05) is 72.8 Å². The molecule has 0 aliphatic carbocycles. The molecule has 266 valence electrons. The Balaban J connectivity index is 0.00000180. The van der Waals surface area contributed by atoms with E-state index < -0.39 is 0 Å². The van der Waals surface area contributed by atoms with Crippen LogP contribution in [0.25, 0.3) is 56.7 Å². The molecule has 0 radical (unpaired) electrons. The van der Waals surface area contributed by atoms with E-state index in [0.29, 0.717) is 23.1 Å². The maximum atomic E-state index is 5.97. The summed E-state index contributed by atoms with van der Waals surface area (Å²) < 4.78 is 11.9. The quantitative estimate of drug-likeness (QED) is 0.186. The van der Waals surface area contributed by atoms with Crippen molar-refractivity contribution in [3.8, 4) is 68.2 Å². The van der Waals surface area contributed by atoms with Gasteiger partial charge in [-0.15, -0.1) is 0 Å². The molecule has 0 bridgehead atoms. The summed E-state index contributed by atoms with van der Waals surface area (Å²) in [5, 5.41) is 19.6. The molecule has 0 saturated heterocycles. The van der Waals surface area contributed by atoms with E-state index in [2.05, 4.69) is 0 Å². The standard InChI is InChI=1S/C40H32N8O2.2ClH.H2O/c1-49-37-27-31(23-25-35(37)47-43-39(29-15-7-3-8-16-29)41-45(47)33-19-11-5-12-20-33)32-24-26-36(38(28-32)50-2)48-44-40(30-17-9-4-10-18-30)42-46(48)34-21-13-6-14-22-34;;;/h3-28H,1-2H3;2*1H;1H2/q+2;;;/p-2. The van der Waals surface area contributed by atoms with E-state index >= 15 is 0 Å². The van der Waals surface area contributed by atoms with Gasteiger partial charge in [0.2, 0.25) is 11.4 Å². The highest BCUT2D eigenvalue weighted by atomic mass is 35.5. The predicted molar refractivity (Wildman–Crippen MR) is 192 cm³/mol. The highest BCUT2D eigenvalue weighted by Crippen LogP contribution is 2.32. The number of halogens is 2. The maximum absolute atomic E-state index is 5.97. The van der Waals surface area contributed by atoms with Crippen LogP contribution in [-0.4, -0.2) is 49.7 Å². The Morgan fingerprint density at radius 1 is 0.434 bits per heavy atom. The summed E-state index contributed by atoms with van der Waals surface area (Å²) in [5.74, 6) is 2.45. The Kier molecular flexibility index (Phi) is 12.0. The first kappa shape index (κ1) is 37.8. The minimum Gasteiger partial charge on any atom is -1.00 e. The molecule has 2 aromatic heterocycles. The summed E-state index contributed by atoms with van der Waals surface area (Å²) in [6, 6.07) is 51.7. The molecule has 2 heterocycles. The lowest BCUT2D eigenvalue weighted by molar-refractivity contribution is -0.734. The van der Waals surface area contributed by atoms with Gasteiger partial charge in [-0.25, -0.2) is 0 Å². The van der Waals surface area contributed by atoms with Crippen LogP contribution in [0, 0.1) is 0 Å². The zero-order valence-corrected chi connectivity index (χ0v) is 30.2. The number of nitrogens with zero attached hydrogens (tertiary/aromatic N) is 8. The second kappa shape index (κ2) is 16.7. The third-order valence-electron chi connectivity index (χ3n) is 8.28. The third-order valence-corrected chi connectivity index (χ3v) is 8.28. The summed E-state index contributed by atoms with van der Waals surface area (Å²) in [7, 11) is 3.32. The van der Waals surface area contributed by atoms with Crippen LogP contribution in [0.2, 0.25) is 0 Å². The van der Waals surface area contributed by atoms with Crippen molar-refractivity contribution in [2.24, 2.45) is 0 Å². The second-order valence-electron chi connectivity index (χ2n) is 11.4. The molecule has 0 saturated carbocycles. The number of para-hydroxylation sites is 2. The fraction of sp³-hybridized carbons (Fsp3) is 0.0500. The molecule has 8 aromatic rings. The number of aromatic nitrogens is 8. The van der Waals surface area contributed by atoms with E-state index in [0.717, 1.165) is 45.0 Å². The number of hydrogen-bond donors (Lipinski definition) is 0. The lowest BCUT2D eigenvalue weighted by Crippen LogP contribution is -3.00. The molecule has 6 aromatic carbocycles. The fourth-order valence-electron chi connectivity index (χ4n) is 5.79. The number of methoxy groups -OCH3 is 2. The Morgan fingerprint density at radius 3 is 1.11 bits per heavy atom. The smallest absolute Gasteiger partial charge is 0.340 e. The van der Waals surface area contributed by atoms with E-state index in [1.165, 1.54) is 0 Å². The van der Waals surface area contributed by atoms with Gasteiger partial charge in [0.25, 0.3) is 0 Å². The van der Waals surface area contributed by atoms with Gasteiger partial charge in [0.1, 0.15) is 11.4 Å². The van der Waals surface area contributed by atoms with Crippen molar-refractivity contribution in [1.82, 2.24) is 30.0 Å². The summed E-state index contributed by atoms with van der Waals surface area (Å²) in [6.07, 6.45) is 0. The number of tetrazole rings is 2. The van der Waals surface area contributed by atoms with Crippen molar-refractivity contribution < 1.29 is 49.4 Å². The molecule has 13 heteroatoms. The molecule has 0 fully saturated rings. The molecule has 53 heavy (non-hydrogen) atoms. The first-order valence-corrected chi connectivity index (χ1v) is 16.1. The molecule has 0 spiro atoms. The summed E-state index contributed by atoms with van der Waals surface area (Å²) >= 11 is 0. The number of hydrogen-bond acceptors (Lipinski definition) is 6. The van der Waals surface area contributed by atoms with Crippen molar-refractivity contribution in [3.05, 3.63) is 158 Å². The average Bonchev–Trinajstić information content (AvgIpc) is 3.85. The first-order valence-electron chi connectivity index (χ1n) is 16.1. The van der Waals surface area contributed by atoms with Crippen LogP contribution >= 0.6 is 0 Å². The average molecular weight is 746 g/mol. The lowest BCUT2D eigenvalue weighted by atomic mass is 10.0. The van der Waals surface area contributed by atoms with Crippen molar-refractivity contribution in [2.75, 3.05) is 14.2 Å². The summed E-state index contributed by atoms with van der Waals surface area (Å²) in [6.45, 7) is 0. The van der Waals surface area contributed by atoms with Crippen molar-refractivity contribution >= 4 is 0 Å². The molecular formula is C40H34Cl2N8O3. The van der Waals surface area contributed by atoms with E-state index in [9.17, 15) is 0 Å². The monoisotopic (exact) mass is 744 g/mol. The molecule has 11 nitrogen and oxygen atoms in total. The Bertz CT molecular complexity index is 2240. The van der Waals surface area contributed by atoms with Crippen LogP contribution in [-0.2, 0) is 0 Å². The van der Waals surface area contributed by atoms with E-state index in [1.54, 1.807) is 33.4 Å². The largest absolute Gasteiger partial charge is 1.00 e. The van der Waals surface area contributed by atoms with Gasteiger partial charge in [-0.05, 0) is 116 Å². The zero-order chi connectivity index (χ0) is 33.9. The third kappa shape index (κ3) is 7.49. The molecule has 0 unspecified atom stereocenters. The SMILES string of the molecule is COc1cc(-c2ccc(-[n+]3nc(-c4ccccc4)nn3-c3ccccc3)c(OC)c2)ccc1-[n+]1nc(-c2ccccc2)nn1-c1ccccc1.O.[Cl-].[Cl-]. The van der Waals surface area contributed by atoms with Gasteiger partial charge in [-0.3, -0.25) is 0 Å². The lowest BCUT2D eigenvalue weighted by Gasteiger charge is -2.11. The number of ether oxygens (including phenoxy) is 2. The fourth-order valence-corrected chi connectivity index (χ4v) is 5.79. The maximum Gasteiger partial charge on any atom is 0.340 e. The summed E-state index contributed by atoms with van der Waals surface area (Å²) in [5.41, 5.74) is 6.90. The van der Waals surface area contributed by atoms with Gasteiger partial charge in [0.05, 0.1) is 35.5 Å². The number of benzene rings is 6. The Labute approximate surface area is 318 Å². The van der Waals surface area contributed by atoms with Crippen molar-refractivity contribution in [2.45, 2.75) is 0 Å². The van der Waals surface area contributed by atoms with Crippen LogP contribution in [0.15, 0.2) is 158 Å². The predicted octanol–water partition coefficient (Wildman–Crippen LogP) is -0.397. The van der Waals surface area contributed by atoms with Crippen LogP contribution in [0.5, 0.6) is 11.5 Å². The minimum atomic E-state index is 0. The Morgan fingerprint density at radius 2 is 0.774 bits per heavy atom. The van der Waals surface area contributed by atoms with E-state index in [-0.39, 0.29) is 30.3 Å². The highest BCUT2D eigenvalue weighted by Gasteiger charge is 2.28. The second-order valence-corrected chi connectivity index (χ2v) is 11.4. The minimum absolute atomic E-state index is 0. The van der Waals surface area contributed by atoms with Crippen molar-refractivity contribution in [1.29, 1.82) is 0 Å². The highest BCUT2D eigenvalue weighted by molar-refractivity contribution is 5.70. The molecule has 0 aliphatic rings. The molecule has 2 N–H and O–H groups in total. The van der Waals surface area contributed by atoms with Gasteiger partial charge in [-0.2, -0.15) is 0 Å². The number of rotatable bonds is 9. The van der Waals surface area contributed by atoms with Gasteiger partial charge >= 0.3 is 11.6 Å². The molecular weight excluding hydrogens is 711 g/mol. The van der Waals surface area contributed by atoms with Crippen LogP contribution in [0.1, 0.15) is 0 Å². The molecule has 0 atom stereocenters. The van der Waals surface area contributed by atoms with Crippen LogP contribution < -0.4 is 43.9 Å².